The Bertz CT molecular complexity index is 769. The fourth-order valence-electron chi connectivity index (χ4n) is 1.93. The number of carbonyl (C=O) groups excluding carboxylic acids is 1. The number of halogens is 2. The highest BCUT2D eigenvalue weighted by Crippen LogP contribution is 2.21. The summed E-state index contributed by atoms with van der Waals surface area (Å²) < 4.78 is 1.37. The van der Waals surface area contributed by atoms with E-state index in [9.17, 15) is 4.79 Å². The minimum absolute atomic E-state index is 0.0992. The lowest BCUT2D eigenvalue weighted by atomic mass is 10.2. The van der Waals surface area contributed by atoms with Gasteiger partial charge in [0.05, 0.1) is 0 Å². The predicted molar refractivity (Wildman–Crippen MR) is 103 cm³/mol. The lowest BCUT2D eigenvalue weighted by Gasteiger charge is -2.11. The number of benzene rings is 2. The molecule has 2 aromatic carbocycles. The van der Waals surface area contributed by atoms with Gasteiger partial charge in [-0.15, -0.1) is 0 Å². The van der Waals surface area contributed by atoms with Crippen LogP contribution >= 0.6 is 31.9 Å². The van der Waals surface area contributed by atoms with Crippen molar-refractivity contribution in [1.29, 1.82) is 10.8 Å². The van der Waals surface area contributed by atoms with Crippen LogP contribution in [0.4, 0.5) is 16.2 Å². The number of nitrogens with one attached hydrogen (secondary N) is 4. The molecule has 0 saturated carbocycles. The molecule has 0 unspecified atom stereocenters. The minimum Gasteiger partial charge on any atom is -0.384 e. The fraction of sp³-hybridized carbons (Fsp3) is 0. The first-order valence-corrected chi connectivity index (χ1v) is 8.21. The van der Waals surface area contributed by atoms with Crippen molar-refractivity contribution in [3.05, 3.63) is 56.5 Å². The second-order valence-electron chi connectivity index (χ2n) is 4.86. The minimum atomic E-state index is -0.477. The van der Waals surface area contributed by atoms with Crippen LogP contribution < -0.4 is 22.1 Å². The van der Waals surface area contributed by atoms with Gasteiger partial charge < -0.3 is 22.1 Å². The summed E-state index contributed by atoms with van der Waals surface area (Å²) in [6, 6.07) is 9.44. The molecule has 0 aliphatic rings. The first kappa shape index (κ1) is 18.0. The first-order valence-electron chi connectivity index (χ1n) is 6.62. The van der Waals surface area contributed by atoms with E-state index in [0.717, 1.165) is 0 Å². The highest BCUT2D eigenvalue weighted by atomic mass is 79.9. The van der Waals surface area contributed by atoms with Gasteiger partial charge in [-0.1, -0.05) is 31.9 Å². The zero-order valence-electron chi connectivity index (χ0n) is 12.3. The maximum absolute atomic E-state index is 12.1. The molecule has 0 aliphatic carbocycles. The molecule has 2 aromatic rings. The van der Waals surface area contributed by atoms with Gasteiger partial charge >= 0.3 is 6.03 Å². The van der Waals surface area contributed by atoms with E-state index in [1.807, 2.05) is 0 Å². The Labute approximate surface area is 155 Å². The summed E-state index contributed by atoms with van der Waals surface area (Å²) in [6.45, 7) is 0. The Morgan fingerprint density at radius 3 is 1.50 bits per heavy atom. The lowest BCUT2D eigenvalue weighted by Crippen LogP contribution is -2.20. The van der Waals surface area contributed by atoms with Crippen LogP contribution in [0.3, 0.4) is 0 Å². The third-order valence-corrected chi connectivity index (χ3v) is 3.85. The van der Waals surface area contributed by atoms with Crippen LogP contribution in [0.5, 0.6) is 0 Å². The topological polar surface area (TPSA) is 141 Å². The van der Waals surface area contributed by atoms with Gasteiger partial charge in [0.15, 0.2) is 0 Å². The molecule has 0 bridgehead atoms. The molecule has 0 spiro atoms. The monoisotopic (exact) mass is 452 g/mol. The number of hydrogen-bond donors (Lipinski definition) is 6. The summed E-state index contributed by atoms with van der Waals surface area (Å²) in [5, 5.41) is 20.3. The molecule has 2 amide bonds. The van der Waals surface area contributed by atoms with Crippen molar-refractivity contribution in [3.8, 4) is 0 Å². The van der Waals surface area contributed by atoms with Crippen molar-refractivity contribution in [1.82, 2.24) is 0 Å². The van der Waals surface area contributed by atoms with Gasteiger partial charge in [-0.25, -0.2) is 4.79 Å². The average molecular weight is 454 g/mol. The number of nitrogens with two attached hydrogens (primary N) is 2. The van der Waals surface area contributed by atoms with Gasteiger partial charge in [0, 0.05) is 31.4 Å². The average Bonchev–Trinajstić information content (AvgIpc) is 2.45. The molecule has 0 aromatic heterocycles. The third kappa shape index (κ3) is 4.80. The second-order valence-corrected chi connectivity index (χ2v) is 6.69. The summed E-state index contributed by atoms with van der Waals surface area (Å²) in [7, 11) is 0. The standard InChI is InChI=1S/C15H14Br2N6O/c16-9-1-7(13(18)19)3-11(5-9)22-15(24)23-12-4-8(14(20)21)2-10(17)6-12/h1-6H,(H3,18,19)(H3,20,21)(H2,22,23,24). The zero-order chi connectivity index (χ0) is 17.9. The molecule has 124 valence electrons. The fourth-order valence-corrected chi connectivity index (χ4v) is 2.91. The van der Waals surface area contributed by atoms with Crippen LogP contribution in [-0.4, -0.2) is 17.7 Å². The van der Waals surface area contributed by atoms with Crippen molar-refractivity contribution >= 4 is 60.9 Å². The molecule has 9 heteroatoms. The van der Waals surface area contributed by atoms with E-state index < -0.39 is 6.03 Å². The molecule has 0 aliphatic heterocycles. The normalized spacial score (nSPS) is 10.1. The van der Waals surface area contributed by atoms with E-state index in [4.69, 9.17) is 22.3 Å². The Balaban J connectivity index is 2.17. The first-order chi connectivity index (χ1) is 11.2. The van der Waals surface area contributed by atoms with Crippen molar-refractivity contribution in [3.63, 3.8) is 0 Å². The third-order valence-electron chi connectivity index (χ3n) is 2.93. The summed E-state index contributed by atoms with van der Waals surface area (Å²) in [4.78, 5) is 12.1. The summed E-state index contributed by atoms with van der Waals surface area (Å²) in [5.74, 6) is -0.198. The molecule has 0 heterocycles. The number of rotatable bonds is 4. The van der Waals surface area contributed by atoms with Gasteiger partial charge in [0.1, 0.15) is 11.7 Å². The van der Waals surface area contributed by atoms with Crippen LogP contribution in [0.15, 0.2) is 45.3 Å². The Hall–Kier alpha value is -2.39. The molecule has 0 saturated heterocycles. The number of anilines is 2. The molecule has 0 radical (unpaired) electrons. The number of urea groups is 1. The second kappa shape index (κ2) is 7.45. The van der Waals surface area contributed by atoms with E-state index in [1.54, 1.807) is 36.4 Å². The van der Waals surface area contributed by atoms with Crippen LogP contribution in [0.2, 0.25) is 0 Å². The highest BCUT2D eigenvalue weighted by molar-refractivity contribution is 9.10. The molecule has 8 N–H and O–H groups in total. The molecular formula is C15H14Br2N6O. The predicted octanol–water partition coefficient (Wildman–Crippen LogP) is 3.42. The smallest absolute Gasteiger partial charge is 0.323 e. The van der Waals surface area contributed by atoms with E-state index in [-0.39, 0.29) is 11.7 Å². The molecular weight excluding hydrogens is 440 g/mol. The maximum atomic E-state index is 12.1. The number of nitrogen functional groups attached to an aromatic ring is 2. The zero-order valence-corrected chi connectivity index (χ0v) is 15.5. The van der Waals surface area contributed by atoms with E-state index in [1.165, 1.54) is 0 Å². The Morgan fingerprint density at radius 1 is 0.792 bits per heavy atom. The molecule has 0 atom stereocenters. The van der Waals surface area contributed by atoms with Crippen molar-refractivity contribution in [2.24, 2.45) is 11.5 Å². The molecule has 2 rings (SSSR count). The van der Waals surface area contributed by atoms with Gasteiger partial charge in [0.2, 0.25) is 0 Å². The molecule has 24 heavy (non-hydrogen) atoms. The summed E-state index contributed by atoms with van der Waals surface area (Å²) in [5.41, 5.74) is 12.9. The van der Waals surface area contributed by atoms with E-state index >= 15 is 0 Å². The highest BCUT2D eigenvalue weighted by Gasteiger charge is 2.08. The van der Waals surface area contributed by atoms with Crippen LogP contribution in [-0.2, 0) is 0 Å². The summed E-state index contributed by atoms with van der Waals surface area (Å²) in [6.07, 6.45) is 0. The quantitative estimate of drug-likeness (QED) is 0.312. The van der Waals surface area contributed by atoms with Gasteiger partial charge in [0.25, 0.3) is 0 Å². The maximum Gasteiger partial charge on any atom is 0.323 e. The van der Waals surface area contributed by atoms with Crippen molar-refractivity contribution < 1.29 is 4.79 Å². The Morgan fingerprint density at radius 2 is 1.17 bits per heavy atom. The van der Waals surface area contributed by atoms with Crippen molar-refractivity contribution in [2.45, 2.75) is 0 Å². The van der Waals surface area contributed by atoms with E-state index in [2.05, 4.69) is 42.5 Å². The SMILES string of the molecule is N=C(N)c1cc(Br)cc(NC(=O)Nc2cc(Br)cc(C(=N)N)c2)c1. The van der Waals surface area contributed by atoms with E-state index in [0.29, 0.717) is 31.4 Å². The van der Waals surface area contributed by atoms with Gasteiger partial charge in [-0.3, -0.25) is 10.8 Å². The molecule has 7 nitrogen and oxygen atoms in total. The number of amidine groups is 2. The Kier molecular flexibility index (Phi) is 5.58. The molecule has 0 fully saturated rings. The van der Waals surface area contributed by atoms with Crippen molar-refractivity contribution in [2.75, 3.05) is 10.6 Å². The van der Waals surface area contributed by atoms with Crippen LogP contribution in [0, 0.1) is 10.8 Å². The number of amides is 2. The largest absolute Gasteiger partial charge is 0.384 e. The van der Waals surface area contributed by atoms with Gasteiger partial charge in [-0.2, -0.15) is 0 Å². The number of carbonyl (C=O) groups is 1. The summed E-state index contributed by atoms with van der Waals surface area (Å²) >= 11 is 6.61. The number of hydrogen-bond acceptors (Lipinski definition) is 3. The lowest BCUT2D eigenvalue weighted by molar-refractivity contribution is 0.262. The van der Waals surface area contributed by atoms with Crippen LogP contribution in [0.1, 0.15) is 11.1 Å². The van der Waals surface area contributed by atoms with Crippen LogP contribution in [0.25, 0.3) is 0 Å². The van der Waals surface area contributed by atoms with Gasteiger partial charge in [-0.05, 0) is 36.4 Å².